The second kappa shape index (κ2) is 6.64. The van der Waals surface area contributed by atoms with Crippen LogP contribution in [-0.4, -0.2) is 42.5 Å². The number of anilines is 1. The molecule has 0 unspecified atom stereocenters. The number of aromatic amines is 1. The Bertz CT molecular complexity index is 1070. The predicted molar refractivity (Wildman–Crippen MR) is 98.3 cm³/mol. The van der Waals surface area contributed by atoms with Crippen molar-refractivity contribution in [2.24, 2.45) is 0 Å². The summed E-state index contributed by atoms with van der Waals surface area (Å²) in [5, 5.41) is 19.7. The average molecular weight is 368 g/mol. The fourth-order valence-electron chi connectivity index (χ4n) is 2.48. The zero-order valence-electron chi connectivity index (χ0n) is 14.2. The molecule has 0 fully saturated rings. The SMILES string of the molecule is COc1cccc(-n2nc(C)c(CSc3cc(N)nc4[nH]nnc34)n2)c1. The molecule has 0 saturated heterocycles. The molecule has 0 atom stereocenters. The number of fused-ring (bicyclic) bond motifs is 1. The third kappa shape index (κ3) is 3.06. The van der Waals surface area contributed by atoms with E-state index in [1.165, 1.54) is 0 Å². The van der Waals surface area contributed by atoms with Crippen LogP contribution in [-0.2, 0) is 5.75 Å². The summed E-state index contributed by atoms with van der Waals surface area (Å²) in [5.41, 5.74) is 9.70. The van der Waals surface area contributed by atoms with E-state index in [0.29, 0.717) is 22.7 Å². The van der Waals surface area contributed by atoms with E-state index in [4.69, 9.17) is 10.5 Å². The van der Waals surface area contributed by atoms with Crippen molar-refractivity contribution >= 4 is 28.7 Å². The topological polar surface area (TPSA) is 120 Å². The summed E-state index contributed by atoms with van der Waals surface area (Å²) in [6.07, 6.45) is 0. The third-order valence-corrected chi connectivity index (χ3v) is 4.85. The van der Waals surface area contributed by atoms with E-state index < -0.39 is 0 Å². The van der Waals surface area contributed by atoms with Gasteiger partial charge in [-0.1, -0.05) is 11.3 Å². The molecule has 0 radical (unpaired) electrons. The predicted octanol–water partition coefficient (Wildman–Crippen LogP) is 2.13. The summed E-state index contributed by atoms with van der Waals surface area (Å²) in [6, 6.07) is 9.40. The molecule has 132 valence electrons. The van der Waals surface area contributed by atoms with Crippen molar-refractivity contribution in [3.63, 3.8) is 0 Å². The second-order valence-electron chi connectivity index (χ2n) is 5.57. The van der Waals surface area contributed by atoms with Gasteiger partial charge in [0.25, 0.3) is 0 Å². The molecule has 3 N–H and O–H groups in total. The number of hydrogen-bond acceptors (Lipinski definition) is 8. The third-order valence-electron chi connectivity index (χ3n) is 3.81. The maximum atomic E-state index is 5.85. The van der Waals surface area contributed by atoms with Gasteiger partial charge in [-0.15, -0.1) is 16.9 Å². The van der Waals surface area contributed by atoms with Crippen molar-refractivity contribution in [2.45, 2.75) is 17.6 Å². The number of H-pyrrole nitrogens is 1. The molecule has 0 spiro atoms. The largest absolute Gasteiger partial charge is 0.497 e. The molecule has 0 aliphatic heterocycles. The van der Waals surface area contributed by atoms with Gasteiger partial charge >= 0.3 is 0 Å². The van der Waals surface area contributed by atoms with Crippen LogP contribution in [0.4, 0.5) is 5.82 Å². The normalized spacial score (nSPS) is 11.2. The summed E-state index contributed by atoms with van der Waals surface area (Å²) in [4.78, 5) is 6.68. The number of aromatic nitrogens is 7. The highest BCUT2D eigenvalue weighted by Gasteiger charge is 2.13. The van der Waals surface area contributed by atoms with E-state index in [0.717, 1.165) is 27.7 Å². The van der Waals surface area contributed by atoms with Gasteiger partial charge < -0.3 is 10.5 Å². The van der Waals surface area contributed by atoms with Crippen LogP contribution in [0.1, 0.15) is 11.4 Å². The standard InChI is InChI=1S/C16H16N8OS/c1-9-12(22-24(21-9)10-4-3-5-11(6-10)25-2)8-26-13-7-14(17)18-16-15(13)19-23-20-16/h3-7H,8H2,1-2H3,(H3,17,18,19,20,23). The lowest BCUT2D eigenvalue weighted by molar-refractivity contribution is 0.414. The summed E-state index contributed by atoms with van der Waals surface area (Å²) < 4.78 is 5.26. The first kappa shape index (κ1) is 16.3. The first-order valence-electron chi connectivity index (χ1n) is 7.81. The van der Waals surface area contributed by atoms with E-state index in [1.54, 1.807) is 29.7 Å². The lowest BCUT2D eigenvalue weighted by Crippen LogP contribution is -1.99. The summed E-state index contributed by atoms with van der Waals surface area (Å²) in [7, 11) is 1.63. The van der Waals surface area contributed by atoms with Crippen LogP contribution < -0.4 is 10.5 Å². The number of aryl methyl sites for hydroxylation is 1. The van der Waals surface area contributed by atoms with Gasteiger partial charge in [0.05, 0.1) is 24.2 Å². The van der Waals surface area contributed by atoms with E-state index in [2.05, 4.69) is 30.6 Å². The van der Waals surface area contributed by atoms with Crippen molar-refractivity contribution in [3.8, 4) is 11.4 Å². The average Bonchev–Trinajstić information content (AvgIpc) is 3.26. The number of nitrogens with zero attached hydrogens (tertiary/aromatic N) is 6. The molecule has 10 heteroatoms. The van der Waals surface area contributed by atoms with Crippen molar-refractivity contribution < 1.29 is 4.74 Å². The number of thioether (sulfide) groups is 1. The van der Waals surface area contributed by atoms with Gasteiger partial charge in [-0.25, -0.2) is 10.1 Å². The summed E-state index contributed by atoms with van der Waals surface area (Å²) in [5.74, 6) is 1.80. The van der Waals surface area contributed by atoms with Gasteiger partial charge in [-0.2, -0.15) is 15.0 Å². The van der Waals surface area contributed by atoms with E-state index >= 15 is 0 Å². The van der Waals surface area contributed by atoms with Gasteiger partial charge in [0.1, 0.15) is 17.1 Å². The summed E-state index contributed by atoms with van der Waals surface area (Å²) in [6.45, 7) is 1.94. The number of ether oxygens (including phenoxy) is 1. The number of pyridine rings is 1. The number of methoxy groups -OCH3 is 1. The lowest BCUT2D eigenvalue weighted by atomic mass is 10.3. The van der Waals surface area contributed by atoms with Crippen LogP contribution in [0, 0.1) is 6.92 Å². The number of hydrogen-bond donors (Lipinski definition) is 2. The Balaban J connectivity index is 1.59. The Morgan fingerprint density at radius 1 is 1.27 bits per heavy atom. The number of benzene rings is 1. The number of nitrogens with one attached hydrogen (secondary N) is 1. The van der Waals surface area contributed by atoms with Crippen molar-refractivity contribution in [1.29, 1.82) is 0 Å². The zero-order chi connectivity index (χ0) is 18.1. The maximum absolute atomic E-state index is 5.85. The Morgan fingerprint density at radius 2 is 2.15 bits per heavy atom. The van der Waals surface area contributed by atoms with Crippen molar-refractivity contribution in [1.82, 2.24) is 35.4 Å². The molecular weight excluding hydrogens is 352 g/mol. The molecule has 1 aromatic carbocycles. The van der Waals surface area contributed by atoms with Gasteiger partial charge in [-0.3, -0.25) is 0 Å². The molecule has 26 heavy (non-hydrogen) atoms. The first-order valence-corrected chi connectivity index (χ1v) is 8.80. The molecule has 0 bridgehead atoms. The Hall–Kier alpha value is -3.14. The van der Waals surface area contributed by atoms with E-state index in [1.807, 2.05) is 31.2 Å². The molecule has 0 saturated carbocycles. The molecule has 4 rings (SSSR count). The summed E-state index contributed by atoms with van der Waals surface area (Å²) >= 11 is 1.57. The fraction of sp³-hybridized carbons (Fsp3) is 0.188. The van der Waals surface area contributed by atoms with Crippen molar-refractivity contribution in [3.05, 3.63) is 41.7 Å². The van der Waals surface area contributed by atoms with Crippen LogP contribution in [0.5, 0.6) is 5.75 Å². The van der Waals surface area contributed by atoms with Gasteiger partial charge in [0, 0.05) is 16.7 Å². The minimum Gasteiger partial charge on any atom is -0.497 e. The number of nitrogen functional groups attached to an aromatic ring is 1. The molecule has 9 nitrogen and oxygen atoms in total. The second-order valence-corrected chi connectivity index (χ2v) is 6.58. The molecular formula is C16H16N8OS. The van der Waals surface area contributed by atoms with Crippen LogP contribution in [0.25, 0.3) is 16.9 Å². The number of nitrogens with two attached hydrogens (primary N) is 1. The van der Waals surface area contributed by atoms with Gasteiger partial charge in [0.2, 0.25) is 0 Å². The van der Waals surface area contributed by atoms with Crippen LogP contribution in [0.3, 0.4) is 0 Å². The van der Waals surface area contributed by atoms with Crippen LogP contribution in [0.15, 0.2) is 35.2 Å². The Kier molecular flexibility index (Phi) is 4.17. The quantitative estimate of drug-likeness (QED) is 0.514. The van der Waals surface area contributed by atoms with E-state index in [9.17, 15) is 0 Å². The van der Waals surface area contributed by atoms with E-state index in [-0.39, 0.29) is 0 Å². The molecule has 3 heterocycles. The molecule has 4 aromatic rings. The molecule has 0 aliphatic rings. The Morgan fingerprint density at radius 3 is 3.00 bits per heavy atom. The van der Waals surface area contributed by atoms with Gasteiger partial charge in [0.15, 0.2) is 5.65 Å². The molecule has 3 aromatic heterocycles. The molecule has 0 aliphatic carbocycles. The minimum absolute atomic E-state index is 0.419. The Labute approximate surface area is 152 Å². The maximum Gasteiger partial charge on any atom is 0.179 e. The molecule has 0 amide bonds. The highest BCUT2D eigenvalue weighted by Crippen LogP contribution is 2.29. The highest BCUT2D eigenvalue weighted by molar-refractivity contribution is 7.98. The first-order chi connectivity index (χ1) is 12.6. The smallest absolute Gasteiger partial charge is 0.179 e. The highest BCUT2D eigenvalue weighted by atomic mass is 32.2. The number of rotatable bonds is 5. The lowest BCUT2D eigenvalue weighted by Gasteiger charge is -2.03. The minimum atomic E-state index is 0.419. The van der Waals surface area contributed by atoms with Crippen molar-refractivity contribution in [2.75, 3.05) is 12.8 Å². The van der Waals surface area contributed by atoms with Crippen LogP contribution in [0.2, 0.25) is 0 Å². The van der Waals surface area contributed by atoms with Crippen LogP contribution >= 0.6 is 11.8 Å². The zero-order valence-corrected chi connectivity index (χ0v) is 15.0. The van der Waals surface area contributed by atoms with Gasteiger partial charge in [-0.05, 0) is 25.1 Å². The monoisotopic (exact) mass is 368 g/mol. The fourth-order valence-corrected chi connectivity index (χ4v) is 3.52.